The Morgan fingerprint density at radius 2 is 1.16 bits per heavy atom. The van der Waals surface area contributed by atoms with Crippen LogP contribution < -0.4 is 14.7 Å². The van der Waals surface area contributed by atoms with Crippen LogP contribution in [0.1, 0.15) is 188 Å². The zero-order chi connectivity index (χ0) is 62.1. The number of allylic oxidation sites excluding steroid dienone is 6. The highest BCUT2D eigenvalue weighted by Gasteiger charge is 2.87. The van der Waals surface area contributed by atoms with Gasteiger partial charge in [0.15, 0.2) is 5.41 Å². The predicted octanol–water partition coefficient (Wildman–Crippen LogP) is 18.1. The van der Waals surface area contributed by atoms with Gasteiger partial charge in [0.2, 0.25) is 0 Å². The topological polar surface area (TPSA) is 124 Å². The molecular weight excluding hydrogens is 1130 g/mol. The first-order valence-corrected chi connectivity index (χ1v) is 34.0. The third-order valence-electron chi connectivity index (χ3n) is 24.0. The van der Waals surface area contributed by atoms with Crippen LogP contribution in [0.5, 0.6) is 11.5 Å². The van der Waals surface area contributed by atoms with Crippen LogP contribution in [0.4, 0.5) is 9.59 Å². The van der Waals surface area contributed by atoms with Gasteiger partial charge in [0.05, 0.1) is 18.6 Å². The van der Waals surface area contributed by atoms with Gasteiger partial charge >= 0.3 is 24.2 Å². The summed E-state index contributed by atoms with van der Waals surface area (Å²) in [5, 5.41) is 21.0. The van der Waals surface area contributed by atoms with E-state index in [9.17, 15) is 9.59 Å². The van der Waals surface area contributed by atoms with E-state index >= 15 is 9.59 Å². The summed E-state index contributed by atoms with van der Waals surface area (Å²) in [7, 11) is 0. The number of carbonyl (C=O) groups excluding carboxylic acids is 4. The SMILES string of the molecule is CCCCC(C)CC(C)(C)OC(=O)Oc1ccc(CCCOC(=O)C2(C(=O)OCCCc3ccc(OC(=O)OC(C)(C)C)cc3)C(CC)(CC)C3=C4CC5=c6c7c8c9c%10c%11c%12c%13c(cc%14cc%15c%16c(c%17c4c6c9c%17c4c%16c%14c%13c%104)C32C%15)CC%12=CC(C=C7C5)C8%11)cc1. The van der Waals surface area contributed by atoms with Gasteiger partial charge < -0.3 is 28.4 Å². The monoisotopic (exact) mass is 1210 g/mol. The molecule has 5 atom stereocenters. The van der Waals surface area contributed by atoms with Crippen molar-refractivity contribution in [1.29, 1.82) is 0 Å². The van der Waals surface area contributed by atoms with Gasteiger partial charge in [0.1, 0.15) is 22.7 Å². The molecule has 10 heteroatoms. The number of carbonyl (C=O) groups is 4. The average molecular weight is 1210 g/mol. The second kappa shape index (κ2) is 17.9. The fourth-order valence-electron chi connectivity index (χ4n) is 21.6. The fraction of sp³-hybridized carbons (Fsp3) is 0.407. The molecule has 0 aromatic heterocycles. The minimum absolute atomic E-state index is 0.0997. The lowest BCUT2D eigenvalue weighted by Gasteiger charge is -2.70. The first-order chi connectivity index (χ1) is 43.9. The lowest BCUT2D eigenvalue weighted by atomic mass is 9.28. The molecule has 9 aliphatic rings. The number of aryl methyl sites for hydroxylation is 2. The molecule has 0 heterocycles. The summed E-state index contributed by atoms with van der Waals surface area (Å²) in [4.78, 5) is 59.2. The molecule has 1 fully saturated rings. The molecule has 458 valence electrons. The van der Waals surface area contributed by atoms with Gasteiger partial charge in [-0.1, -0.05) is 101 Å². The Morgan fingerprint density at radius 1 is 0.593 bits per heavy atom. The molecule has 0 aliphatic heterocycles. The maximum absolute atomic E-state index is 16.8. The zero-order valence-electron chi connectivity index (χ0n) is 53.6. The largest absolute Gasteiger partial charge is 0.514 e. The Kier molecular flexibility index (Phi) is 10.7. The van der Waals surface area contributed by atoms with E-state index in [0.29, 0.717) is 74.2 Å². The van der Waals surface area contributed by atoms with Crippen LogP contribution in [0.25, 0.3) is 97.7 Å². The third kappa shape index (κ3) is 6.46. The summed E-state index contributed by atoms with van der Waals surface area (Å²) >= 11 is 0. The number of hydrogen-bond acceptors (Lipinski definition) is 10. The number of unbranched alkanes of at least 4 members (excludes halogenated alkanes) is 1. The first-order valence-electron chi connectivity index (χ1n) is 34.0. The molecule has 0 N–H and O–H groups in total. The highest BCUT2D eigenvalue weighted by Crippen LogP contribution is 2.84. The highest BCUT2D eigenvalue weighted by molar-refractivity contribution is 6.56. The van der Waals surface area contributed by atoms with E-state index in [-0.39, 0.29) is 13.2 Å². The number of ether oxygens (including phenoxy) is 6. The van der Waals surface area contributed by atoms with Crippen LogP contribution in [0.15, 0.2) is 78.4 Å². The Labute approximate surface area is 528 Å². The second-order valence-corrected chi connectivity index (χ2v) is 30.4. The second-order valence-electron chi connectivity index (χ2n) is 30.4. The smallest absolute Gasteiger partial charge is 0.465 e. The predicted molar refractivity (Wildman–Crippen MR) is 357 cm³/mol. The van der Waals surface area contributed by atoms with E-state index in [2.05, 4.69) is 52.0 Å². The van der Waals surface area contributed by atoms with Gasteiger partial charge in [0, 0.05) is 17.3 Å². The number of benzene rings is 8. The summed E-state index contributed by atoms with van der Waals surface area (Å²) in [5.41, 5.74) is 15.5. The van der Waals surface area contributed by atoms with Gasteiger partial charge in [0.25, 0.3) is 0 Å². The van der Waals surface area contributed by atoms with Crippen LogP contribution in [-0.4, -0.2) is 48.7 Å². The third-order valence-corrected chi connectivity index (χ3v) is 24.0. The van der Waals surface area contributed by atoms with E-state index < -0.39 is 51.7 Å². The van der Waals surface area contributed by atoms with Gasteiger partial charge in [-0.15, -0.1) is 0 Å². The van der Waals surface area contributed by atoms with Crippen molar-refractivity contribution >= 4 is 122 Å². The molecule has 0 radical (unpaired) electrons. The summed E-state index contributed by atoms with van der Waals surface area (Å²) in [5.74, 6) is 0.866. The molecule has 19 rings (SSSR count). The molecular formula is C81H74O10. The van der Waals surface area contributed by atoms with Crippen LogP contribution in [-0.2, 0) is 59.6 Å². The molecule has 9 aliphatic carbocycles. The van der Waals surface area contributed by atoms with Crippen molar-refractivity contribution in [1.82, 2.24) is 0 Å². The molecule has 1 spiro atoms. The summed E-state index contributed by atoms with van der Waals surface area (Å²) in [6, 6.07) is 19.8. The van der Waals surface area contributed by atoms with Crippen molar-refractivity contribution in [3.8, 4) is 11.5 Å². The van der Waals surface area contributed by atoms with Crippen molar-refractivity contribution in [2.24, 2.45) is 22.7 Å². The molecule has 10 nitrogen and oxygen atoms in total. The van der Waals surface area contributed by atoms with E-state index in [1.807, 2.05) is 38.1 Å². The summed E-state index contributed by atoms with van der Waals surface area (Å²) < 4.78 is 36.1. The minimum atomic E-state index is -1.73. The number of rotatable bonds is 20. The van der Waals surface area contributed by atoms with E-state index in [0.717, 1.165) is 56.1 Å². The lowest BCUT2D eigenvalue weighted by Crippen LogP contribution is -2.77. The Morgan fingerprint density at radius 3 is 1.80 bits per heavy atom. The molecule has 1 saturated carbocycles. The zero-order valence-corrected chi connectivity index (χ0v) is 53.6. The van der Waals surface area contributed by atoms with Gasteiger partial charge in [-0.05, 0) is 294 Å². The van der Waals surface area contributed by atoms with E-state index in [1.54, 1.807) is 56.2 Å². The van der Waals surface area contributed by atoms with Gasteiger partial charge in [-0.25, -0.2) is 9.59 Å². The Bertz CT molecular complexity index is 5150. The van der Waals surface area contributed by atoms with Crippen LogP contribution in [0, 0.1) is 22.7 Å². The molecule has 10 aromatic rings. The molecule has 5 unspecified atom stereocenters. The van der Waals surface area contributed by atoms with Crippen molar-refractivity contribution < 1.29 is 47.6 Å². The summed E-state index contributed by atoms with van der Waals surface area (Å²) in [6.45, 7) is 18.3. The normalized spacial score (nSPS) is 22.2. The van der Waals surface area contributed by atoms with Crippen LogP contribution in [0.3, 0.4) is 0 Å². The maximum atomic E-state index is 16.8. The van der Waals surface area contributed by atoms with Crippen molar-refractivity contribution in [3.05, 3.63) is 139 Å². The fourth-order valence-corrected chi connectivity index (χ4v) is 21.6. The van der Waals surface area contributed by atoms with E-state index in [4.69, 9.17) is 28.4 Å². The quantitative estimate of drug-likeness (QED) is 0.0182. The highest BCUT2D eigenvalue weighted by atomic mass is 16.7. The standard InChI is InChI=1S/C81H74O10/c1-10-13-16-38(4)36-78(8,9)91-76(85)89-49-25-21-40(22-26-49)18-15-28-87-74(83)81(73(82)86-27-14-17-39-19-23-48(24-20-39)88-75(84)90-77(5,6)7)79(11-2,12-3)72-50-35-46-33-43-31-44-30-41-29-42-32-45-34-47-37-80(72,81)71-57(47)62-56(45)61-52(42)51(41)59-55(44)60-53(43)54(46)63-58(50)70(71)69-67(62)65(61)64(59)66(60)68(63)69/h19-26,30-32,34,38,44,55H,10-18,27-29,33,35-37H2,1-9H3. The van der Waals surface area contributed by atoms with Gasteiger partial charge in [-0.3, -0.25) is 9.59 Å². The number of hydrogen-bond donors (Lipinski definition) is 0. The maximum Gasteiger partial charge on any atom is 0.514 e. The van der Waals surface area contributed by atoms with Gasteiger partial charge in [-0.2, -0.15) is 0 Å². The number of esters is 2. The first kappa shape index (κ1) is 54.5. The average Bonchev–Trinajstić information content (AvgIpc) is 1.48. The molecule has 0 saturated heterocycles. The molecule has 10 aromatic carbocycles. The van der Waals surface area contributed by atoms with Crippen molar-refractivity contribution in [2.75, 3.05) is 13.2 Å². The van der Waals surface area contributed by atoms with Crippen molar-refractivity contribution in [3.63, 3.8) is 0 Å². The van der Waals surface area contributed by atoms with Crippen LogP contribution >= 0.6 is 0 Å². The van der Waals surface area contributed by atoms with Crippen molar-refractivity contribution in [2.45, 2.75) is 175 Å². The van der Waals surface area contributed by atoms with E-state index in [1.165, 1.54) is 142 Å². The Balaban J connectivity index is 0.722. The molecule has 0 bridgehead atoms. The molecule has 91 heavy (non-hydrogen) atoms. The Hall–Kier alpha value is -8.24. The molecule has 0 amide bonds. The lowest BCUT2D eigenvalue weighted by molar-refractivity contribution is -0.206. The van der Waals surface area contributed by atoms with Crippen LogP contribution in [0.2, 0.25) is 0 Å². The summed E-state index contributed by atoms with van der Waals surface area (Å²) in [6.07, 6.45) is 14.5. The minimum Gasteiger partial charge on any atom is -0.465 e.